The van der Waals surface area contributed by atoms with Crippen molar-refractivity contribution in [3.8, 4) is 0 Å². The molecule has 0 saturated carbocycles. The van der Waals surface area contributed by atoms with E-state index in [1.165, 1.54) is 0 Å². The van der Waals surface area contributed by atoms with Gasteiger partial charge in [-0.25, -0.2) is 0 Å². The Morgan fingerprint density at radius 3 is 3.36 bits per heavy atom. The van der Waals surface area contributed by atoms with E-state index in [0.717, 1.165) is 24.0 Å². The number of nitrogens with zero attached hydrogens (tertiary/aromatic N) is 1. The third kappa shape index (κ3) is 0.981. The van der Waals surface area contributed by atoms with Crippen molar-refractivity contribution in [1.82, 2.24) is 4.98 Å². The van der Waals surface area contributed by atoms with E-state index in [9.17, 15) is 4.79 Å². The summed E-state index contributed by atoms with van der Waals surface area (Å²) in [6.45, 7) is 0. The molecule has 0 fully saturated rings. The van der Waals surface area contributed by atoms with Crippen LogP contribution in [0.1, 0.15) is 5.56 Å². The summed E-state index contributed by atoms with van der Waals surface area (Å²) in [5.41, 5.74) is 2.17. The van der Waals surface area contributed by atoms with Crippen LogP contribution in [-0.2, 0) is 11.2 Å². The van der Waals surface area contributed by atoms with Crippen LogP contribution >= 0.6 is 0 Å². The number of aldehydes is 1. The van der Waals surface area contributed by atoms with Gasteiger partial charge in [0, 0.05) is 24.5 Å². The Morgan fingerprint density at radius 1 is 1.73 bits per heavy atom. The minimum absolute atomic E-state index is 0.0470. The Balaban J connectivity index is 2.33. The largest absolute Gasteiger partial charge is 0.375 e. The molecule has 11 heavy (non-hydrogen) atoms. The summed E-state index contributed by atoms with van der Waals surface area (Å²) in [7, 11) is 0. The van der Waals surface area contributed by atoms with Crippen molar-refractivity contribution in [3.05, 3.63) is 24.0 Å². The van der Waals surface area contributed by atoms with Crippen molar-refractivity contribution in [1.29, 1.82) is 0 Å². The van der Waals surface area contributed by atoms with Gasteiger partial charge in [0.05, 0.1) is 6.04 Å². The van der Waals surface area contributed by atoms with Gasteiger partial charge in [-0.1, -0.05) is 0 Å². The monoisotopic (exact) mass is 148 g/mol. The first-order chi connectivity index (χ1) is 5.40. The highest BCUT2D eigenvalue weighted by Gasteiger charge is 2.18. The Kier molecular flexibility index (Phi) is 1.35. The molecule has 0 spiro atoms. The lowest BCUT2D eigenvalue weighted by Crippen LogP contribution is -2.15. The lowest BCUT2D eigenvalue weighted by molar-refractivity contribution is -0.108. The molecule has 0 saturated heterocycles. The molecule has 3 heteroatoms. The van der Waals surface area contributed by atoms with Gasteiger partial charge in [0.1, 0.15) is 6.29 Å². The van der Waals surface area contributed by atoms with Gasteiger partial charge in [0.15, 0.2) is 0 Å². The predicted molar refractivity (Wildman–Crippen MR) is 41.4 cm³/mol. The number of fused-ring (bicyclic) bond motifs is 1. The summed E-state index contributed by atoms with van der Waals surface area (Å²) in [5, 5.41) is 3.08. The van der Waals surface area contributed by atoms with Gasteiger partial charge in [0.25, 0.3) is 0 Å². The van der Waals surface area contributed by atoms with Crippen LogP contribution in [0.5, 0.6) is 0 Å². The number of hydrogen-bond acceptors (Lipinski definition) is 3. The van der Waals surface area contributed by atoms with Crippen LogP contribution in [0.3, 0.4) is 0 Å². The SMILES string of the molecule is O=CC1Cc2cnccc2N1. The molecule has 1 aliphatic heterocycles. The normalized spacial score (nSPS) is 20.5. The lowest BCUT2D eigenvalue weighted by Gasteiger charge is -1.99. The number of hydrogen-bond donors (Lipinski definition) is 1. The summed E-state index contributed by atoms with van der Waals surface area (Å²) in [5.74, 6) is 0. The molecule has 0 radical (unpaired) electrons. The zero-order valence-corrected chi connectivity index (χ0v) is 5.95. The van der Waals surface area contributed by atoms with Crippen molar-refractivity contribution in [2.75, 3.05) is 5.32 Å². The number of anilines is 1. The second-order valence-electron chi connectivity index (χ2n) is 2.62. The number of rotatable bonds is 1. The first-order valence-corrected chi connectivity index (χ1v) is 3.55. The van der Waals surface area contributed by atoms with E-state index >= 15 is 0 Å². The Morgan fingerprint density at radius 2 is 2.64 bits per heavy atom. The predicted octanol–water partition coefficient (Wildman–Crippen LogP) is 0.617. The van der Waals surface area contributed by atoms with Crippen molar-refractivity contribution >= 4 is 12.0 Å². The average Bonchev–Trinajstić information content (AvgIpc) is 2.46. The Labute approximate surface area is 64.5 Å². The van der Waals surface area contributed by atoms with Crippen molar-refractivity contribution < 1.29 is 4.79 Å². The van der Waals surface area contributed by atoms with E-state index in [0.29, 0.717) is 0 Å². The standard InChI is InChI=1S/C8H8N2O/c11-5-7-3-6-4-9-2-1-8(6)10-7/h1-2,4-5,7,10H,3H2. The first-order valence-electron chi connectivity index (χ1n) is 3.55. The third-order valence-corrected chi connectivity index (χ3v) is 1.85. The maximum atomic E-state index is 10.4. The average molecular weight is 148 g/mol. The molecule has 0 aliphatic carbocycles. The Hall–Kier alpha value is -1.38. The highest BCUT2D eigenvalue weighted by atomic mass is 16.1. The van der Waals surface area contributed by atoms with Gasteiger partial charge in [-0.2, -0.15) is 0 Å². The summed E-state index contributed by atoms with van der Waals surface area (Å²) >= 11 is 0. The molecule has 3 nitrogen and oxygen atoms in total. The number of aromatic nitrogens is 1. The van der Waals surface area contributed by atoms with Crippen LogP contribution in [-0.4, -0.2) is 17.3 Å². The fourth-order valence-corrected chi connectivity index (χ4v) is 1.30. The highest BCUT2D eigenvalue weighted by molar-refractivity contribution is 5.70. The maximum Gasteiger partial charge on any atom is 0.142 e. The molecular formula is C8H8N2O. The fourth-order valence-electron chi connectivity index (χ4n) is 1.30. The summed E-state index contributed by atoms with van der Waals surface area (Å²) in [6.07, 6.45) is 5.22. The molecule has 0 aromatic carbocycles. The summed E-state index contributed by atoms with van der Waals surface area (Å²) < 4.78 is 0. The second kappa shape index (κ2) is 2.34. The molecule has 0 amide bonds. The molecule has 2 heterocycles. The zero-order chi connectivity index (χ0) is 7.68. The van der Waals surface area contributed by atoms with E-state index < -0.39 is 0 Å². The minimum Gasteiger partial charge on any atom is -0.375 e. The quantitative estimate of drug-likeness (QED) is 0.593. The number of pyridine rings is 1. The van der Waals surface area contributed by atoms with Gasteiger partial charge in [0.2, 0.25) is 0 Å². The van der Waals surface area contributed by atoms with Crippen LogP contribution < -0.4 is 5.32 Å². The minimum atomic E-state index is -0.0470. The second-order valence-corrected chi connectivity index (χ2v) is 2.62. The van der Waals surface area contributed by atoms with Gasteiger partial charge in [-0.3, -0.25) is 4.98 Å². The molecule has 2 rings (SSSR count). The van der Waals surface area contributed by atoms with Gasteiger partial charge in [-0.05, 0) is 11.6 Å². The Bertz CT molecular complexity index is 260. The molecule has 0 bridgehead atoms. The van der Waals surface area contributed by atoms with Crippen LogP contribution in [0, 0.1) is 0 Å². The molecule has 1 aromatic rings. The number of carbonyl (C=O) groups excluding carboxylic acids is 1. The maximum absolute atomic E-state index is 10.4. The van der Waals surface area contributed by atoms with E-state index in [4.69, 9.17) is 0 Å². The van der Waals surface area contributed by atoms with Crippen molar-refractivity contribution in [3.63, 3.8) is 0 Å². The van der Waals surface area contributed by atoms with Crippen LogP contribution in [0.15, 0.2) is 18.5 Å². The molecule has 1 unspecified atom stereocenters. The van der Waals surface area contributed by atoms with Crippen LogP contribution in [0.4, 0.5) is 5.69 Å². The zero-order valence-electron chi connectivity index (χ0n) is 5.95. The van der Waals surface area contributed by atoms with E-state index in [2.05, 4.69) is 10.3 Å². The van der Waals surface area contributed by atoms with E-state index in [1.807, 2.05) is 6.07 Å². The van der Waals surface area contributed by atoms with Gasteiger partial charge >= 0.3 is 0 Å². The van der Waals surface area contributed by atoms with Crippen LogP contribution in [0.25, 0.3) is 0 Å². The fraction of sp³-hybridized carbons (Fsp3) is 0.250. The highest BCUT2D eigenvalue weighted by Crippen LogP contribution is 2.22. The topological polar surface area (TPSA) is 42.0 Å². The summed E-state index contributed by atoms with van der Waals surface area (Å²) in [6, 6.07) is 1.84. The van der Waals surface area contributed by atoms with Gasteiger partial charge in [-0.15, -0.1) is 0 Å². The number of carbonyl (C=O) groups is 1. The van der Waals surface area contributed by atoms with Crippen molar-refractivity contribution in [2.45, 2.75) is 12.5 Å². The number of nitrogens with one attached hydrogen (secondary N) is 1. The molecule has 1 aromatic heterocycles. The molecule has 1 aliphatic rings. The smallest absolute Gasteiger partial charge is 0.142 e. The molecule has 1 atom stereocenters. The molecule has 56 valence electrons. The van der Waals surface area contributed by atoms with E-state index in [1.54, 1.807) is 12.4 Å². The summed E-state index contributed by atoms with van der Waals surface area (Å²) in [4.78, 5) is 14.4. The molecule has 1 N–H and O–H groups in total. The lowest BCUT2D eigenvalue weighted by atomic mass is 10.2. The first kappa shape index (κ1) is 6.34. The van der Waals surface area contributed by atoms with E-state index in [-0.39, 0.29) is 6.04 Å². The molecular weight excluding hydrogens is 140 g/mol. The van der Waals surface area contributed by atoms with Gasteiger partial charge < -0.3 is 10.1 Å². The van der Waals surface area contributed by atoms with Crippen molar-refractivity contribution in [2.24, 2.45) is 0 Å². The van der Waals surface area contributed by atoms with Crippen LogP contribution in [0.2, 0.25) is 0 Å². The third-order valence-electron chi connectivity index (χ3n) is 1.85.